The van der Waals surface area contributed by atoms with E-state index < -0.39 is 6.61 Å². The third-order valence-corrected chi connectivity index (χ3v) is 4.79. The molecule has 1 N–H and O–H groups in total. The summed E-state index contributed by atoms with van der Waals surface area (Å²) in [6, 6.07) is 11.9. The number of hydrogen-bond acceptors (Lipinski definition) is 4. The second kappa shape index (κ2) is 8.22. The molecule has 1 aromatic heterocycles. The first-order valence-electron chi connectivity index (χ1n) is 7.97. The minimum absolute atomic E-state index is 0.0409. The van der Waals surface area contributed by atoms with Gasteiger partial charge in [0, 0.05) is 18.2 Å². The van der Waals surface area contributed by atoms with Crippen molar-refractivity contribution in [2.75, 3.05) is 5.32 Å². The highest BCUT2D eigenvalue weighted by Gasteiger charge is 2.16. The summed E-state index contributed by atoms with van der Waals surface area (Å²) in [5, 5.41) is 3.38. The topological polar surface area (TPSA) is 51.2 Å². The van der Waals surface area contributed by atoms with Crippen molar-refractivity contribution >= 4 is 22.9 Å². The lowest BCUT2D eigenvalue weighted by atomic mass is 10.1. The molecule has 4 nitrogen and oxygen atoms in total. The third kappa shape index (κ3) is 5.07. The van der Waals surface area contributed by atoms with Gasteiger partial charge in [0.25, 0.3) is 5.91 Å². The molecule has 1 amide bonds. The fourth-order valence-corrected chi connectivity index (χ4v) is 3.45. The van der Waals surface area contributed by atoms with Crippen molar-refractivity contribution in [2.24, 2.45) is 0 Å². The van der Waals surface area contributed by atoms with Crippen LogP contribution < -0.4 is 10.1 Å². The van der Waals surface area contributed by atoms with Crippen molar-refractivity contribution in [1.29, 1.82) is 0 Å². The van der Waals surface area contributed by atoms with Crippen molar-refractivity contribution in [2.45, 2.75) is 20.0 Å². The molecule has 1 heterocycles. The third-order valence-electron chi connectivity index (χ3n) is 3.63. The zero-order valence-corrected chi connectivity index (χ0v) is 15.0. The molecule has 0 aliphatic rings. The number of alkyl halides is 2. The van der Waals surface area contributed by atoms with Gasteiger partial charge in [0.2, 0.25) is 0 Å². The van der Waals surface area contributed by atoms with Crippen molar-refractivity contribution in [3.8, 4) is 5.75 Å². The largest absolute Gasteiger partial charge is 0.435 e. The monoisotopic (exact) mass is 392 g/mol. The molecule has 2 aromatic carbocycles. The summed E-state index contributed by atoms with van der Waals surface area (Å²) in [5.41, 5.74) is 1.79. The van der Waals surface area contributed by atoms with Gasteiger partial charge in [-0.25, -0.2) is 9.37 Å². The fraction of sp³-hybridized carbons (Fsp3) is 0.158. The van der Waals surface area contributed by atoms with Gasteiger partial charge >= 0.3 is 6.61 Å². The second-order valence-electron chi connectivity index (χ2n) is 5.69. The Morgan fingerprint density at radius 1 is 1.22 bits per heavy atom. The Kier molecular flexibility index (Phi) is 5.75. The highest BCUT2D eigenvalue weighted by atomic mass is 32.1. The molecule has 0 fully saturated rings. The molecule has 0 saturated heterocycles. The number of carbonyl (C=O) groups excluding carboxylic acids is 1. The Morgan fingerprint density at radius 2 is 1.96 bits per heavy atom. The number of benzene rings is 2. The SMILES string of the molecule is Cc1nc(Cc2ccc(F)cc2)sc1C(=O)Nc1cccc(OC(F)F)c1. The van der Waals surface area contributed by atoms with Crippen LogP contribution in [0.15, 0.2) is 48.5 Å². The number of rotatable bonds is 6. The van der Waals surface area contributed by atoms with E-state index in [1.165, 1.54) is 41.7 Å². The zero-order valence-electron chi connectivity index (χ0n) is 14.2. The minimum atomic E-state index is -2.94. The van der Waals surface area contributed by atoms with Crippen LogP contribution in [-0.2, 0) is 6.42 Å². The van der Waals surface area contributed by atoms with E-state index in [0.29, 0.717) is 22.7 Å². The first kappa shape index (κ1) is 18.9. The number of carbonyl (C=O) groups is 1. The Hall–Kier alpha value is -2.87. The van der Waals surface area contributed by atoms with Crippen LogP contribution in [0, 0.1) is 12.7 Å². The standard InChI is InChI=1S/C19H15F3N2O2S/c1-11-17(27-16(23-11)9-12-5-7-13(20)8-6-12)18(25)24-14-3-2-4-15(10-14)26-19(21)22/h2-8,10,19H,9H2,1H3,(H,24,25). The summed E-state index contributed by atoms with van der Waals surface area (Å²) in [6.07, 6.45) is 0.483. The Bertz CT molecular complexity index is 942. The van der Waals surface area contributed by atoms with Crippen LogP contribution in [0.1, 0.15) is 25.9 Å². The van der Waals surface area contributed by atoms with E-state index in [1.807, 2.05) is 0 Å². The first-order valence-corrected chi connectivity index (χ1v) is 8.79. The maximum atomic E-state index is 13.0. The molecule has 0 radical (unpaired) electrons. The molecule has 0 unspecified atom stereocenters. The normalized spacial score (nSPS) is 10.9. The number of nitrogens with one attached hydrogen (secondary N) is 1. The summed E-state index contributed by atoms with van der Waals surface area (Å²) >= 11 is 1.23. The second-order valence-corrected chi connectivity index (χ2v) is 6.77. The molecule has 3 rings (SSSR count). The smallest absolute Gasteiger partial charge is 0.387 e. The van der Waals surface area contributed by atoms with Crippen LogP contribution in [0.5, 0.6) is 5.75 Å². The van der Waals surface area contributed by atoms with Gasteiger partial charge in [0.15, 0.2) is 0 Å². The number of ether oxygens (including phenoxy) is 1. The number of hydrogen-bond donors (Lipinski definition) is 1. The average molecular weight is 392 g/mol. The van der Waals surface area contributed by atoms with Gasteiger partial charge in [-0.2, -0.15) is 8.78 Å². The van der Waals surface area contributed by atoms with E-state index >= 15 is 0 Å². The van der Waals surface area contributed by atoms with Gasteiger partial charge in [-0.05, 0) is 36.8 Å². The maximum absolute atomic E-state index is 13.0. The highest BCUT2D eigenvalue weighted by Crippen LogP contribution is 2.24. The number of aromatic nitrogens is 1. The maximum Gasteiger partial charge on any atom is 0.387 e. The molecule has 0 spiro atoms. The molecule has 0 aliphatic carbocycles. The van der Waals surface area contributed by atoms with E-state index in [2.05, 4.69) is 15.0 Å². The number of thiazole rings is 1. The van der Waals surface area contributed by atoms with E-state index in [-0.39, 0.29) is 17.5 Å². The molecule has 140 valence electrons. The van der Waals surface area contributed by atoms with Crippen LogP contribution in [0.25, 0.3) is 0 Å². The predicted molar refractivity (Wildman–Crippen MR) is 97.1 cm³/mol. The summed E-state index contributed by atoms with van der Waals surface area (Å²) in [5.74, 6) is -0.738. The van der Waals surface area contributed by atoms with E-state index in [0.717, 1.165) is 10.6 Å². The fourth-order valence-electron chi connectivity index (χ4n) is 2.45. The lowest BCUT2D eigenvalue weighted by Crippen LogP contribution is -2.11. The van der Waals surface area contributed by atoms with Gasteiger partial charge in [-0.3, -0.25) is 4.79 Å². The summed E-state index contributed by atoms with van der Waals surface area (Å²) in [7, 11) is 0. The van der Waals surface area contributed by atoms with Crippen molar-refractivity contribution in [3.05, 3.63) is 75.5 Å². The van der Waals surface area contributed by atoms with E-state index in [4.69, 9.17) is 0 Å². The highest BCUT2D eigenvalue weighted by molar-refractivity contribution is 7.14. The van der Waals surface area contributed by atoms with Crippen LogP contribution in [0.2, 0.25) is 0 Å². The molecule has 0 atom stereocenters. The molecule has 27 heavy (non-hydrogen) atoms. The van der Waals surface area contributed by atoms with Crippen molar-refractivity contribution < 1.29 is 22.7 Å². The number of amides is 1. The number of anilines is 1. The molecule has 3 aromatic rings. The Morgan fingerprint density at radius 3 is 2.67 bits per heavy atom. The number of nitrogens with zero attached hydrogens (tertiary/aromatic N) is 1. The van der Waals surface area contributed by atoms with E-state index in [1.54, 1.807) is 25.1 Å². The Labute approximate surface area is 157 Å². The number of aryl methyl sites for hydroxylation is 1. The molecule has 0 aliphatic heterocycles. The van der Waals surface area contributed by atoms with Crippen molar-refractivity contribution in [3.63, 3.8) is 0 Å². The van der Waals surface area contributed by atoms with Gasteiger partial charge in [-0.15, -0.1) is 11.3 Å². The summed E-state index contributed by atoms with van der Waals surface area (Å²) in [4.78, 5) is 17.3. The molecule has 8 heteroatoms. The van der Waals surface area contributed by atoms with Crippen LogP contribution in [-0.4, -0.2) is 17.5 Å². The lowest BCUT2D eigenvalue weighted by molar-refractivity contribution is -0.0497. The summed E-state index contributed by atoms with van der Waals surface area (Å²) in [6.45, 7) is -1.22. The van der Waals surface area contributed by atoms with Crippen LogP contribution >= 0.6 is 11.3 Å². The number of halogens is 3. The molecule has 0 bridgehead atoms. The molecular weight excluding hydrogens is 377 g/mol. The average Bonchev–Trinajstić information content (AvgIpc) is 2.97. The Balaban J connectivity index is 1.72. The van der Waals surface area contributed by atoms with Crippen LogP contribution in [0.4, 0.5) is 18.9 Å². The summed E-state index contributed by atoms with van der Waals surface area (Å²) < 4.78 is 41.9. The first-order chi connectivity index (χ1) is 12.9. The van der Waals surface area contributed by atoms with Gasteiger partial charge < -0.3 is 10.1 Å². The molecule has 0 saturated carbocycles. The van der Waals surface area contributed by atoms with Gasteiger partial charge in [-0.1, -0.05) is 18.2 Å². The van der Waals surface area contributed by atoms with Crippen molar-refractivity contribution in [1.82, 2.24) is 4.98 Å². The van der Waals surface area contributed by atoms with Gasteiger partial charge in [0.1, 0.15) is 16.4 Å². The lowest BCUT2D eigenvalue weighted by Gasteiger charge is -2.07. The minimum Gasteiger partial charge on any atom is -0.435 e. The quantitative estimate of drug-likeness (QED) is 0.640. The molecular formula is C19H15F3N2O2S. The van der Waals surface area contributed by atoms with Gasteiger partial charge in [0.05, 0.1) is 10.7 Å². The van der Waals surface area contributed by atoms with E-state index in [9.17, 15) is 18.0 Å². The predicted octanol–water partition coefficient (Wildman–Crippen LogP) is 5.04. The zero-order chi connectivity index (χ0) is 19.4. The van der Waals surface area contributed by atoms with Crippen LogP contribution in [0.3, 0.4) is 0 Å².